The summed E-state index contributed by atoms with van der Waals surface area (Å²) < 4.78 is 27.3. The van der Waals surface area contributed by atoms with Crippen LogP contribution in [0.1, 0.15) is 48.7 Å². The Morgan fingerprint density at radius 2 is 1.67 bits per heavy atom. The zero-order valence-corrected chi connectivity index (χ0v) is 22.7. The minimum Gasteiger partial charge on any atom is -0.481 e. The molecule has 0 saturated heterocycles. The molecule has 2 N–H and O–H groups in total. The number of hydrogen-bond acceptors (Lipinski definition) is 5. The lowest BCUT2D eigenvalue weighted by molar-refractivity contribution is -0.136. The standard InChI is InChI=1S/C30H29F2N3O3S/c1-30(2,3)22-9-11-23(12-10-22)35(29-34-26(18-39-29)21-8-13-24(31)25(32)16-21)17-19-4-6-20(7-5-19)28(38)33-15-14-27(36)37/h4-13,16,18H,14-15,17H2,1-3H3,(H,33,38)(H,36,37). The fraction of sp³-hybridized carbons (Fsp3) is 0.233. The molecule has 0 aliphatic rings. The molecule has 9 heteroatoms. The molecule has 0 aliphatic heterocycles. The van der Waals surface area contributed by atoms with E-state index < -0.39 is 17.6 Å². The molecule has 0 aliphatic carbocycles. The van der Waals surface area contributed by atoms with Crippen LogP contribution >= 0.6 is 11.3 Å². The lowest BCUT2D eigenvalue weighted by Gasteiger charge is -2.24. The van der Waals surface area contributed by atoms with Crippen molar-refractivity contribution in [1.82, 2.24) is 10.3 Å². The zero-order valence-electron chi connectivity index (χ0n) is 21.9. The molecule has 202 valence electrons. The van der Waals surface area contributed by atoms with Crippen LogP contribution in [0.3, 0.4) is 0 Å². The Kier molecular flexibility index (Phi) is 8.40. The number of thiazole rings is 1. The molecule has 0 fully saturated rings. The monoisotopic (exact) mass is 549 g/mol. The molecule has 0 radical (unpaired) electrons. The number of aliphatic carboxylic acids is 1. The van der Waals surface area contributed by atoms with E-state index in [2.05, 4.69) is 38.2 Å². The SMILES string of the molecule is CC(C)(C)c1ccc(N(Cc2ccc(C(=O)NCCC(=O)O)cc2)c2nc(-c3ccc(F)c(F)c3)cs2)cc1. The van der Waals surface area contributed by atoms with Crippen molar-refractivity contribution in [3.05, 3.63) is 100 Å². The van der Waals surface area contributed by atoms with E-state index in [0.29, 0.717) is 28.5 Å². The maximum absolute atomic E-state index is 13.8. The number of carbonyl (C=O) groups is 2. The molecule has 0 spiro atoms. The van der Waals surface area contributed by atoms with Gasteiger partial charge in [-0.3, -0.25) is 9.59 Å². The Morgan fingerprint density at radius 1 is 0.974 bits per heavy atom. The number of carboxylic acid groups (broad SMARTS) is 1. The number of hydrogen-bond donors (Lipinski definition) is 2. The smallest absolute Gasteiger partial charge is 0.305 e. The molecule has 4 aromatic rings. The van der Waals surface area contributed by atoms with Crippen molar-refractivity contribution in [3.8, 4) is 11.3 Å². The van der Waals surface area contributed by atoms with E-state index in [9.17, 15) is 18.4 Å². The second-order valence-electron chi connectivity index (χ2n) is 10.1. The Hall–Kier alpha value is -4.11. The molecule has 0 saturated carbocycles. The number of rotatable bonds is 9. The number of anilines is 2. The number of benzene rings is 3. The van der Waals surface area contributed by atoms with Gasteiger partial charge in [-0.05, 0) is 59.0 Å². The van der Waals surface area contributed by atoms with E-state index in [1.54, 1.807) is 12.1 Å². The van der Waals surface area contributed by atoms with E-state index in [1.807, 2.05) is 34.5 Å². The van der Waals surface area contributed by atoms with Crippen molar-refractivity contribution in [2.45, 2.75) is 39.2 Å². The van der Waals surface area contributed by atoms with Crippen molar-refractivity contribution >= 4 is 34.0 Å². The van der Waals surface area contributed by atoms with E-state index in [1.165, 1.54) is 23.0 Å². The first kappa shape index (κ1) is 27.9. The third-order valence-corrected chi connectivity index (χ3v) is 7.03. The molecule has 39 heavy (non-hydrogen) atoms. The molecule has 0 unspecified atom stereocenters. The van der Waals surface area contributed by atoms with Crippen molar-refractivity contribution in [1.29, 1.82) is 0 Å². The van der Waals surface area contributed by atoms with Gasteiger partial charge < -0.3 is 15.3 Å². The van der Waals surface area contributed by atoms with Gasteiger partial charge in [0.25, 0.3) is 5.91 Å². The molecule has 0 atom stereocenters. The normalized spacial score (nSPS) is 11.3. The van der Waals surface area contributed by atoms with Gasteiger partial charge in [-0.1, -0.05) is 45.0 Å². The van der Waals surface area contributed by atoms with Crippen LogP contribution in [0.5, 0.6) is 0 Å². The van der Waals surface area contributed by atoms with Crippen molar-refractivity contribution < 1.29 is 23.5 Å². The van der Waals surface area contributed by atoms with Gasteiger partial charge in [0.2, 0.25) is 0 Å². The molecule has 3 aromatic carbocycles. The summed E-state index contributed by atoms with van der Waals surface area (Å²) >= 11 is 1.39. The molecule has 1 aromatic heterocycles. The number of nitrogens with one attached hydrogen (secondary N) is 1. The Bertz CT molecular complexity index is 1460. The lowest BCUT2D eigenvalue weighted by Crippen LogP contribution is -2.26. The third kappa shape index (κ3) is 7.06. The highest BCUT2D eigenvalue weighted by molar-refractivity contribution is 7.14. The fourth-order valence-electron chi connectivity index (χ4n) is 3.92. The van der Waals surface area contributed by atoms with Crippen molar-refractivity contribution in [2.75, 3.05) is 11.4 Å². The number of nitrogens with zero attached hydrogens (tertiary/aromatic N) is 2. The quantitative estimate of drug-likeness (QED) is 0.237. The summed E-state index contributed by atoms with van der Waals surface area (Å²) in [5, 5.41) is 13.8. The second-order valence-corrected chi connectivity index (χ2v) is 11.0. The predicted octanol–water partition coefficient (Wildman–Crippen LogP) is 6.93. The zero-order chi connectivity index (χ0) is 28.2. The maximum atomic E-state index is 13.8. The fourth-order valence-corrected chi connectivity index (χ4v) is 4.77. The maximum Gasteiger partial charge on any atom is 0.305 e. The molecule has 1 heterocycles. The predicted molar refractivity (Wildman–Crippen MR) is 149 cm³/mol. The summed E-state index contributed by atoms with van der Waals surface area (Å²) in [6.45, 7) is 6.94. The topological polar surface area (TPSA) is 82.5 Å². The lowest BCUT2D eigenvalue weighted by atomic mass is 9.87. The van der Waals surface area contributed by atoms with Gasteiger partial charge in [0, 0.05) is 28.7 Å². The average Bonchev–Trinajstić information content (AvgIpc) is 3.38. The molecular weight excluding hydrogens is 520 g/mol. The van der Waals surface area contributed by atoms with E-state index in [4.69, 9.17) is 10.1 Å². The summed E-state index contributed by atoms with van der Waals surface area (Å²) in [4.78, 5) is 29.8. The first-order chi connectivity index (χ1) is 18.5. The minimum atomic E-state index is -0.976. The summed E-state index contributed by atoms with van der Waals surface area (Å²) in [5.74, 6) is -3.15. The Morgan fingerprint density at radius 3 is 2.28 bits per heavy atom. The highest BCUT2D eigenvalue weighted by Gasteiger charge is 2.19. The Balaban J connectivity index is 1.61. The minimum absolute atomic E-state index is 0.00869. The number of amides is 1. The van der Waals surface area contributed by atoms with Gasteiger partial charge in [0.1, 0.15) is 0 Å². The van der Waals surface area contributed by atoms with Crippen LogP contribution in [0.25, 0.3) is 11.3 Å². The highest BCUT2D eigenvalue weighted by Crippen LogP contribution is 2.35. The van der Waals surface area contributed by atoms with Crippen LogP contribution in [0.4, 0.5) is 19.6 Å². The van der Waals surface area contributed by atoms with Crippen LogP contribution in [0.15, 0.2) is 72.1 Å². The summed E-state index contributed by atoms with van der Waals surface area (Å²) in [6.07, 6.45) is -0.146. The van der Waals surface area contributed by atoms with Gasteiger partial charge in [0.05, 0.1) is 18.7 Å². The average molecular weight is 550 g/mol. The van der Waals surface area contributed by atoms with Crippen LogP contribution in [-0.4, -0.2) is 28.5 Å². The number of aromatic nitrogens is 1. The van der Waals surface area contributed by atoms with Crippen LogP contribution in [0, 0.1) is 11.6 Å². The number of halogens is 2. The highest BCUT2D eigenvalue weighted by atomic mass is 32.1. The summed E-state index contributed by atoms with van der Waals surface area (Å²) in [5.41, 5.74) is 4.46. The van der Waals surface area contributed by atoms with Gasteiger partial charge >= 0.3 is 5.97 Å². The number of carboxylic acids is 1. The van der Waals surface area contributed by atoms with Gasteiger partial charge in [-0.15, -0.1) is 11.3 Å². The van der Waals surface area contributed by atoms with Gasteiger partial charge in [0.15, 0.2) is 16.8 Å². The largest absolute Gasteiger partial charge is 0.481 e. The third-order valence-electron chi connectivity index (χ3n) is 6.16. The van der Waals surface area contributed by atoms with Gasteiger partial charge in [-0.25, -0.2) is 13.8 Å². The number of carbonyl (C=O) groups excluding carboxylic acids is 1. The van der Waals surface area contributed by atoms with Crippen molar-refractivity contribution in [3.63, 3.8) is 0 Å². The van der Waals surface area contributed by atoms with Crippen molar-refractivity contribution in [2.24, 2.45) is 0 Å². The molecule has 0 bridgehead atoms. The Labute approximate surface area is 230 Å². The molecule has 1 amide bonds. The molecular formula is C30H29F2N3O3S. The summed E-state index contributed by atoms with van der Waals surface area (Å²) in [6, 6.07) is 19.0. The van der Waals surface area contributed by atoms with Crippen LogP contribution in [-0.2, 0) is 16.8 Å². The second kappa shape index (κ2) is 11.7. The molecule has 6 nitrogen and oxygen atoms in total. The first-order valence-electron chi connectivity index (χ1n) is 12.4. The van der Waals surface area contributed by atoms with Crippen LogP contribution in [0.2, 0.25) is 0 Å². The summed E-state index contributed by atoms with van der Waals surface area (Å²) in [7, 11) is 0. The molecule has 4 rings (SSSR count). The van der Waals surface area contributed by atoms with Gasteiger partial charge in [-0.2, -0.15) is 0 Å². The van der Waals surface area contributed by atoms with E-state index in [0.717, 1.165) is 23.4 Å². The van der Waals surface area contributed by atoms with E-state index in [-0.39, 0.29) is 24.3 Å². The van der Waals surface area contributed by atoms with E-state index >= 15 is 0 Å². The first-order valence-corrected chi connectivity index (χ1v) is 13.3. The van der Waals surface area contributed by atoms with Crippen LogP contribution < -0.4 is 10.2 Å².